The lowest BCUT2D eigenvalue weighted by molar-refractivity contribution is -0.139. The molecule has 2 heterocycles. The molecule has 3 unspecified atom stereocenters. The molecule has 3 saturated carbocycles. The van der Waals surface area contributed by atoms with Crippen molar-refractivity contribution in [1.29, 1.82) is 0 Å². The van der Waals surface area contributed by atoms with Crippen molar-refractivity contribution in [2.75, 3.05) is 7.05 Å². The first kappa shape index (κ1) is 21.7. The van der Waals surface area contributed by atoms with Crippen LogP contribution in [0.15, 0.2) is 36.5 Å². The molecular formula is C27H37N3O2. The van der Waals surface area contributed by atoms with E-state index in [4.69, 9.17) is 0 Å². The predicted octanol–water partition coefficient (Wildman–Crippen LogP) is 4.34. The summed E-state index contributed by atoms with van der Waals surface area (Å²) in [7, 11) is 1.98. The quantitative estimate of drug-likeness (QED) is 0.765. The predicted molar refractivity (Wildman–Crippen MR) is 124 cm³/mol. The zero-order valence-electron chi connectivity index (χ0n) is 19.7. The van der Waals surface area contributed by atoms with Gasteiger partial charge in [0.1, 0.15) is 0 Å². The third kappa shape index (κ3) is 3.39. The zero-order chi connectivity index (χ0) is 22.5. The maximum atomic E-state index is 12.8. The Morgan fingerprint density at radius 2 is 2.00 bits per heavy atom. The van der Waals surface area contributed by atoms with Crippen molar-refractivity contribution in [3.63, 3.8) is 0 Å². The molecule has 0 spiro atoms. The van der Waals surface area contributed by atoms with E-state index >= 15 is 0 Å². The summed E-state index contributed by atoms with van der Waals surface area (Å²) in [5.74, 6) is 2.84. The van der Waals surface area contributed by atoms with Gasteiger partial charge < -0.3 is 10.2 Å². The molecule has 172 valence electrons. The zero-order valence-corrected chi connectivity index (χ0v) is 19.7. The van der Waals surface area contributed by atoms with Gasteiger partial charge >= 0.3 is 0 Å². The smallest absolute Gasteiger partial charge is 0.246 e. The molecule has 0 radical (unpaired) electrons. The van der Waals surface area contributed by atoms with Crippen molar-refractivity contribution in [2.45, 2.75) is 71.4 Å². The Hall–Kier alpha value is -2.17. The molecule has 2 amide bonds. The molecule has 0 saturated heterocycles. The second-order valence-corrected chi connectivity index (χ2v) is 11.2. The molecule has 32 heavy (non-hydrogen) atoms. The Balaban J connectivity index is 1.27. The lowest BCUT2D eigenvalue weighted by atomic mass is 9.47. The summed E-state index contributed by atoms with van der Waals surface area (Å²) in [4.78, 5) is 31.4. The number of hydrogen-bond donors (Lipinski definition) is 1. The molecule has 1 aromatic rings. The van der Waals surface area contributed by atoms with E-state index in [0.29, 0.717) is 42.7 Å². The van der Waals surface area contributed by atoms with Crippen molar-refractivity contribution < 1.29 is 9.59 Å². The lowest BCUT2D eigenvalue weighted by Crippen LogP contribution is -2.59. The van der Waals surface area contributed by atoms with Crippen LogP contribution >= 0.6 is 0 Å². The Kier molecular flexibility index (Phi) is 5.42. The summed E-state index contributed by atoms with van der Waals surface area (Å²) in [5.41, 5.74) is 1.25. The Morgan fingerprint density at radius 3 is 2.78 bits per heavy atom. The van der Waals surface area contributed by atoms with Crippen LogP contribution in [-0.2, 0) is 16.1 Å². The van der Waals surface area contributed by atoms with Gasteiger partial charge in [0.25, 0.3) is 0 Å². The molecular weight excluding hydrogens is 398 g/mol. The van der Waals surface area contributed by atoms with Gasteiger partial charge in [0.15, 0.2) is 0 Å². The molecule has 3 aliphatic carbocycles. The lowest BCUT2D eigenvalue weighted by Gasteiger charge is -2.60. The number of aromatic nitrogens is 1. The highest BCUT2D eigenvalue weighted by molar-refractivity contribution is 5.89. The average molecular weight is 436 g/mol. The monoisotopic (exact) mass is 435 g/mol. The number of carbonyl (C=O) groups is 2. The van der Waals surface area contributed by atoms with Gasteiger partial charge in [-0.05, 0) is 85.8 Å². The van der Waals surface area contributed by atoms with Crippen LogP contribution in [-0.4, -0.2) is 34.8 Å². The molecule has 5 heteroatoms. The van der Waals surface area contributed by atoms with Crippen molar-refractivity contribution in [3.8, 4) is 0 Å². The molecule has 3 fully saturated rings. The van der Waals surface area contributed by atoms with Crippen LogP contribution in [0.25, 0.3) is 0 Å². The maximum absolute atomic E-state index is 12.8. The molecule has 0 bridgehead atoms. The van der Waals surface area contributed by atoms with Gasteiger partial charge in [-0.15, -0.1) is 0 Å². The molecule has 1 aliphatic heterocycles. The number of nitrogens with one attached hydrogen (secondary N) is 1. The molecule has 1 aromatic heterocycles. The van der Waals surface area contributed by atoms with Crippen molar-refractivity contribution in [1.82, 2.24) is 15.2 Å². The van der Waals surface area contributed by atoms with Crippen molar-refractivity contribution >= 4 is 11.8 Å². The van der Waals surface area contributed by atoms with Gasteiger partial charge in [0, 0.05) is 31.1 Å². The Bertz CT molecular complexity index is 915. The van der Waals surface area contributed by atoms with Gasteiger partial charge in [-0.1, -0.05) is 26.0 Å². The van der Waals surface area contributed by atoms with Crippen LogP contribution in [0.4, 0.5) is 0 Å². The van der Waals surface area contributed by atoms with E-state index in [1.807, 2.05) is 36.2 Å². The summed E-state index contributed by atoms with van der Waals surface area (Å²) >= 11 is 0. The highest BCUT2D eigenvalue weighted by Gasteiger charge is 2.60. The molecule has 0 aromatic carbocycles. The standard InChI is InChI=1S/C27H37N3O2/c1-26-13-11-22-20(8-10-23-27(22,2)14-12-25(32)30(23)3)21(26)9-7-18(26)16-24(31)29-17-19-6-4-5-15-28-19/h4-6,12,14-15,18,20-23H,7-11,13,16-17H2,1-3H3,(H,29,31)/t18-,20?,21+,22?,23?,26-,27-/m1/s1. The molecule has 5 rings (SSSR count). The summed E-state index contributed by atoms with van der Waals surface area (Å²) in [6.45, 7) is 5.38. The molecule has 5 nitrogen and oxygen atoms in total. The first-order valence-corrected chi connectivity index (χ1v) is 12.5. The highest BCUT2D eigenvalue weighted by Crippen LogP contribution is 2.65. The third-order valence-electron chi connectivity index (χ3n) is 9.95. The van der Waals surface area contributed by atoms with Crippen molar-refractivity contribution in [2.24, 2.45) is 34.5 Å². The second-order valence-electron chi connectivity index (χ2n) is 11.2. The fraction of sp³-hybridized carbons (Fsp3) is 0.667. The Labute approximate surface area is 192 Å². The van der Waals surface area contributed by atoms with Crippen LogP contribution in [0.3, 0.4) is 0 Å². The number of amides is 2. The van der Waals surface area contributed by atoms with E-state index in [-0.39, 0.29) is 22.6 Å². The first-order valence-electron chi connectivity index (χ1n) is 12.5. The summed E-state index contributed by atoms with van der Waals surface area (Å²) in [6.07, 6.45) is 13.6. The topological polar surface area (TPSA) is 62.3 Å². The third-order valence-corrected chi connectivity index (χ3v) is 9.95. The van der Waals surface area contributed by atoms with E-state index in [2.05, 4.69) is 30.2 Å². The van der Waals surface area contributed by atoms with Gasteiger partial charge in [-0.3, -0.25) is 14.6 Å². The highest BCUT2D eigenvalue weighted by atomic mass is 16.2. The molecule has 1 N–H and O–H groups in total. The number of hydrogen-bond acceptors (Lipinski definition) is 3. The second kappa shape index (κ2) is 8.00. The number of rotatable bonds is 4. The maximum Gasteiger partial charge on any atom is 0.246 e. The van der Waals surface area contributed by atoms with E-state index in [0.717, 1.165) is 18.5 Å². The van der Waals surface area contributed by atoms with E-state index in [9.17, 15) is 9.59 Å². The number of fused-ring (bicyclic) bond motifs is 5. The van der Waals surface area contributed by atoms with Crippen LogP contribution in [0.5, 0.6) is 0 Å². The minimum absolute atomic E-state index is 0.0883. The van der Waals surface area contributed by atoms with E-state index in [1.54, 1.807) is 6.20 Å². The normalized spacial score (nSPS) is 40.4. The van der Waals surface area contributed by atoms with E-state index < -0.39 is 0 Å². The number of pyridine rings is 1. The van der Waals surface area contributed by atoms with Gasteiger partial charge in [-0.25, -0.2) is 0 Å². The fourth-order valence-corrected chi connectivity index (χ4v) is 8.17. The van der Waals surface area contributed by atoms with Crippen LogP contribution in [0.1, 0.15) is 64.5 Å². The largest absolute Gasteiger partial charge is 0.350 e. The summed E-state index contributed by atoms with van der Waals surface area (Å²) < 4.78 is 0. The average Bonchev–Trinajstić information content (AvgIpc) is 3.12. The van der Waals surface area contributed by atoms with Crippen molar-refractivity contribution in [3.05, 3.63) is 42.2 Å². The minimum Gasteiger partial charge on any atom is -0.350 e. The Morgan fingerprint density at radius 1 is 1.16 bits per heavy atom. The number of carbonyl (C=O) groups excluding carboxylic acids is 2. The van der Waals surface area contributed by atoms with Crippen LogP contribution in [0.2, 0.25) is 0 Å². The van der Waals surface area contributed by atoms with Gasteiger partial charge in [0.05, 0.1) is 12.2 Å². The van der Waals surface area contributed by atoms with E-state index in [1.165, 1.54) is 25.7 Å². The summed E-state index contributed by atoms with van der Waals surface area (Å²) in [5, 5.41) is 3.10. The van der Waals surface area contributed by atoms with Crippen LogP contribution in [0, 0.1) is 34.5 Å². The summed E-state index contributed by atoms with van der Waals surface area (Å²) in [6, 6.07) is 6.14. The van der Waals surface area contributed by atoms with Gasteiger partial charge in [-0.2, -0.15) is 0 Å². The molecule has 7 atom stereocenters. The number of nitrogens with zero attached hydrogens (tertiary/aromatic N) is 2. The van der Waals surface area contributed by atoms with Gasteiger partial charge in [0.2, 0.25) is 11.8 Å². The SMILES string of the molecule is CN1C(=O)C=C[C@]2(C)C3CC[C@]4(C)[C@@H](CC(=O)NCc5ccccn5)CC[C@H]4C3CCC12. The fourth-order valence-electron chi connectivity index (χ4n) is 8.17. The molecule has 4 aliphatic rings. The minimum atomic E-state index is 0.0883. The number of likely N-dealkylation sites (N-methyl/N-ethyl adjacent to an activating group) is 1. The first-order chi connectivity index (χ1) is 15.3. The van der Waals surface area contributed by atoms with Crippen LogP contribution < -0.4 is 5.32 Å².